The molecule has 0 amide bonds. The number of piperidine rings is 1. The maximum absolute atomic E-state index is 12.4. The number of nitrogens with two attached hydrogens (primary N) is 1. The summed E-state index contributed by atoms with van der Waals surface area (Å²) in [5.74, 6) is 0.667. The number of fused-ring (bicyclic) bond motifs is 1. The molecule has 0 aromatic carbocycles. The number of hydrogen-bond acceptors (Lipinski definition) is 5. The molecule has 1 aliphatic rings. The van der Waals surface area contributed by atoms with E-state index in [1.165, 1.54) is 0 Å². The minimum absolute atomic E-state index is 0.00954. The van der Waals surface area contributed by atoms with Gasteiger partial charge in [-0.2, -0.15) is 4.98 Å². The second kappa shape index (κ2) is 6.18. The van der Waals surface area contributed by atoms with E-state index in [4.69, 9.17) is 5.73 Å². The molecule has 1 fully saturated rings. The number of H-pyrrole nitrogens is 2. The van der Waals surface area contributed by atoms with Crippen molar-refractivity contribution >= 4 is 17.1 Å². The normalized spacial score (nSPS) is 20.0. The zero-order chi connectivity index (χ0) is 18.4. The van der Waals surface area contributed by atoms with Crippen LogP contribution in [0.25, 0.3) is 11.2 Å². The van der Waals surface area contributed by atoms with E-state index in [0.717, 1.165) is 25.0 Å². The summed E-state index contributed by atoms with van der Waals surface area (Å²) in [7, 11) is 0. The molecular weight excluding hydrogens is 320 g/mol. The summed E-state index contributed by atoms with van der Waals surface area (Å²) >= 11 is 0. The van der Waals surface area contributed by atoms with Crippen LogP contribution in [-0.2, 0) is 6.54 Å². The number of nitrogens with one attached hydrogen (secondary N) is 2. The third-order valence-corrected chi connectivity index (χ3v) is 5.04. The van der Waals surface area contributed by atoms with Crippen LogP contribution in [0.3, 0.4) is 0 Å². The Morgan fingerprint density at radius 3 is 2.76 bits per heavy atom. The van der Waals surface area contributed by atoms with E-state index in [2.05, 4.69) is 33.7 Å². The molecule has 1 saturated heterocycles. The van der Waals surface area contributed by atoms with Crippen molar-refractivity contribution < 1.29 is 0 Å². The largest absolute Gasteiger partial charge is 0.335 e. The highest BCUT2D eigenvalue weighted by Crippen LogP contribution is 2.32. The summed E-state index contributed by atoms with van der Waals surface area (Å²) < 4.78 is 1.86. The van der Waals surface area contributed by atoms with Crippen molar-refractivity contribution in [3.8, 4) is 0 Å². The minimum Gasteiger partial charge on any atom is -0.335 e. The van der Waals surface area contributed by atoms with E-state index >= 15 is 0 Å². The van der Waals surface area contributed by atoms with Crippen molar-refractivity contribution in [3.63, 3.8) is 0 Å². The molecule has 4 N–H and O–H groups in total. The van der Waals surface area contributed by atoms with Crippen molar-refractivity contribution in [2.24, 2.45) is 5.73 Å². The van der Waals surface area contributed by atoms with E-state index in [0.29, 0.717) is 23.7 Å². The summed E-state index contributed by atoms with van der Waals surface area (Å²) in [6.07, 6.45) is 3.95. The first-order valence-electron chi connectivity index (χ1n) is 8.61. The van der Waals surface area contributed by atoms with Crippen LogP contribution < -0.4 is 21.9 Å². The molecule has 0 bridgehead atoms. The number of nitrogens with zero attached hydrogens (tertiary/aromatic N) is 3. The predicted octanol–water partition coefficient (Wildman–Crippen LogP) is 1.09. The number of hydrogen-bond donors (Lipinski definition) is 3. The molecule has 0 radical (unpaired) electrons. The molecule has 2 aromatic rings. The molecule has 0 unspecified atom stereocenters. The third-order valence-electron chi connectivity index (χ3n) is 5.04. The van der Waals surface area contributed by atoms with Gasteiger partial charge < -0.3 is 15.2 Å². The lowest BCUT2D eigenvalue weighted by atomic mass is 9.86. The highest BCUT2D eigenvalue weighted by Gasteiger charge is 2.39. The Bertz CT molecular complexity index is 929. The maximum Gasteiger partial charge on any atom is 0.327 e. The lowest BCUT2D eigenvalue weighted by Crippen LogP contribution is -2.60. The topological polar surface area (TPSA) is 113 Å². The van der Waals surface area contributed by atoms with Crippen molar-refractivity contribution in [1.29, 1.82) is 0 Å². The van der Waals surface area contributed by atoms with Crippen LogP contribution in [-0.4, -0.2) is 37.6 Å². The van der Waals surface area contributed by atoms with Gasteiger partial charge in [0.2, 0.25) is 5.95 Å². The van der Waals surface area contributed by atoms with Gasteiger partial charge in [-0.15, -0.1) is 0 Å². The summed E-state index contributed by atoms with van der Waals surface area (Å²) in [6.45, 7) is 9.51. The molecule has 8 heteroatoms. The summed E-state index contributed by atoms with van der Waals surface area (Å²) in [5, 5.41) is 0. The van der Waals surface area contributed by atoms with E-state index < -0.39 is 11.2 Å². The zero-order valence-electron chi connectivity index (χ0n) is 15.2. The Balaban J connectivity index is 2.25. The Morgan fingerprint density at radius 1 is 1.36 bits per heavy atom. The Morgan fingerprint density at radius 2 is 2.08 bits per heavy atom. The molecule has 0 aliphatic carbocycles. The fourth-order valence-corrected chi connectivity index (χ4v) is 3.38. The van der Waals surface area contributed by atoms with E-state index in [-0.39, 0.29) is 11.6 Å². The molecular formula is C17H26N6O2. The number of allylic oxidation sites excluding steroid dienone is 2. The van der Waals surface area contributed by atoms with E-state index in [1.54, 1.807) is 0 Å². The van der Waals surface area contributed by atoms with Crippen molar-refractivity contribution in [2.75, 3.05) is 11.4 Å². The standard InChI is InChI=1S/C17H26N6O2/c1-10(2)7-9-22-12-13(19-15(25)21-14(12)24)20-16(22)23-8-5-6-11(18)17(23,3)4/h7,11H,5-6,8-9,18H2,1-4H3,(H2,19,21,24,25)/t11-/m1/s1. The SMILES string of the molecule is CC(C)=CCn1c(N2CCC[C@@H](N)C2(C)C)nc2[nH]c(=O)[nH]c(=O)c21. The Labute approximate surface area is 145 Å². The average molecular weight is 346 g/mol. The first kappa shape index (κ1) is 17.5. The molecule has 1 atom stereocenters. The van der Waals surface area contributed by atoms with Crippen LogP contribution in [0.15, 0.2) is 21.2 Å². The maximum atomic E-state index is 12.4. The van der Waals surface area contributed by atoms with Crippen LogP contribution in [0.4, 0.5) is 5.95 Å². The van der Waals surface area contributed by atoms with Gasteiger partial charge in [0.05, 0.1) is 5.54 Å². The number of anilines is 1. The summed E-state index contributed by atoms with van der Waals surface area (Å²) in [4.78, 5) is 35.7. The highest BCUT2D eigenvalue weighted by molar-refractivity contribution is 5.74. The van der Waals surface area contributed by atoms with Gasteiger partial charge >= 0.3 is 5.69 Å². The van der Waals surface area contributed by atoms with Crippen LogP contribution in [0.2, 0.25) is 0 Å². The van der Waals surface area contributed by atoms with Crippen molar-refractivity contribution in [1.82, 2.24) is 19.5 Å². The smallest absolute Gasteiger partial charge is 0.327 e. The molecule has 3 heterocycles. The third kappa shape index (κ3) is 3.02. The van der Waals surface area contributed by atoms with Gasteiger partial charge in [-0.05, 0) is 40.5 Å². The van der Waals surface area contributed by atoms with Gasteiger partial charge in [-0.25, -0.2) is 4.79 Å². The number of aromatic nitrogens is 4. The second-order valence-corrected chi connectivity index (χ2v) is 7.46. The second-order valence-electron chi connectivity index (χ2n) is 7.46. The number of imidazole rings is 1. The van der Waals surface area contributed by atoms with Crippen LogP contribution in [0.5, 0.6) is 0 Å². The Hall–Kier alpha value is -2.35. The monoisotopic (exact) mass is 346 g/mol. The van der Waals surface area contributed by atoms with Crippen molar-refractivity contribution in [3.05, 3.63) is 32.5 Å². The molecule has 2 aromatic heterocycles. The van der Waals surface area contributed by atoms with Gasteiger partial charge in [-0.1, -0.05) is 11.6 Å². The van der Waals surface area contributed by atoms with Gasteiger partial charge in [0, 0.05) is 19.1 Å². The fourth-order valence-electron chi connectivity index (χ4n) is 3.38. The first-order valence-corrected chi connectivity index (χ1v) is 8.61. The molecule has 3 rings (SSSR count). The molecule has 136 valence electrons. The first-order chi connectivity index (χ1) is 11.7. The molecule has 1 aliphatic heterocycles. The van der Waals surface area contributed by atoms with Crippen LogP contribution in [0.1, 0.15) is 40.5 Å². The zero-order valence-corrected chi connectivity index (χ0v) is 15.2. The van der Waals surface area contributed by atoms with Gasteiger partial charge in [0.15, 0.2) is 11.2 Å². The fraction of sp³-hybridized carbons (Fsp3) is 0.588. The van der Waals surface area contributed by atoms with E-state index in [1.807, 2.05) is 24.5 Å². The molecule has 0 spiro atoms. The van der Waals surface area contributed by atoms with Gasteiger partial charge in [0.25, 0.3) is 5.56 Å². The number of aromatic amines is 2. The molecule has 0 saturated carbocycles. The summed E-state index contributed by atoms with van der Waals surface area (Å²) in [6, 6.07) is 0.00954. The lowest BCUT2D eigenvalue weighted by molar-refractivity contribution is 0.304. The highest BCUT2D eigenvalue weighted by atomic mass is 16.2. The molecule has 25 heavy (non-hydrogen) atoms. The van der Waals surface area contributed by atoms with Gasteiger partial charge in [-0.3, -0.25) is 14.8 Å². The minimum atomic E-state index is -0.550. The van der Waals surface area contributed by atoms with E-state index in [9.17, 15) is 9.59 Å². The Kier molecular flexibility index (Phi) is 4.32. The molecule has 8 nitrogen and oxygen atoms in total. The average Bonchev–Trinajstić information content (AvgIpc) is 2.86. The van der Waals surface area contributed by atoms with Gasteiger partial charge in [0.1, 0.15) is 0 Å². The number of rotatable bonds is 3. The summed E-state index contributed by atoms with van der Waals surface area (Å²) in [5.41, 5.74) is 6.89. The quantitative estimate of drug-likeness (QED) is 0.720. The van der Waals surface area contributed by atoms with Crippen LogP contribution >= 0.6 is 0 Å². The van der Waals surface area contributed by atoms with Crippen molar-refractivity contribution in [2.45, 2.75) is 58.7 Å². The lowest BCUT2D eigenvalue weighted by Gasteiger charge is -2.47. The predicted molar refractivity (Wildman–Crippen MR) is 99.0 cm³/mol. The van der Waals surface area contributed by atoms with Crippen LogP contribution in [0, 0.1) is 0 Å².